The van der Waals surface area contributed by atoms with E-state index in [1.54, 1.807) is 7.11 Å². The Hall–Kier alpha value is -1.87. The maximum atomic E-state index is 6.13. The topological polar surface area (TPSA) is 27.7 Å². The summed E-state index contributed by atoms with van der Waals surface area (Å²) in [4.78, 5) is 0. The van der Waals surface area contributed by atoms with E-state index in [0.717, 1.165) is 33.4 Å². The largest absolute Gasteiger partial charge is 0.497 e. The normalized spacial score (nSPS) is 10.3. The minimum Gasteiger partial charge on any atom is -0.497 e. The summed E-state index contributed by atoms with van der Waals surface area (Å²) < 4.78 is 16.4. The van der Waals surface area contributed by atoms with Crippen LogP contribution in [-0.2, 0) is 0 Å². The molecule has 0 unspecified atom stereocenters. The average Bonchev–Trinajstić information content (AvgIpc) is 2.49. The van der Waals surface area contributed by atoms with Crippen molar-refractivity contribution >= 4 is 11.6 Å². The molecule has 2 aromatic rings. The number of halogens is 1. The Morgan fingerprint density at radius 3 is 1.81 bits per heavy atom. The van der Waals surface area contributed by atoms with Gasteiger partial charge in [0.2, 0.25) is 0 Å². The van der Waals surface area contributed by atoms with Crippen molar-refractivity contribution in [3.8, 4) is 17.2 Å². The van der Waals surface area contributed by atoms with Gasteiger partial charge in [0.25, 0.3) is 0 Å². The minimum atomic E-state index is 0.479. The number of hydrogen-bond donors (Lipinski definition) is 0. The van der Waals surface area contributed by atoms with Crippen molar-refractivity contribution in [1.29, 1.82) is 0 Å². The standard InChI is InChI=1S/C17H19ClO3/c1-12-10-16(11-13(2)17(12)18)21-9-8-20-15-6-4-14(19-3)5-7-15/h4-7,10-11H,8-9H2,1-3H3. The number of ether oxygens (including phenoxy) is 3. The van der Waals surface area contributed by atoms with Crippen LogP contribution in [0.5, 0.6) is 17.2 Å². The van der Waals surface area contributed by atoms with Gasteiger partial charge in [-0.2, -0.15) is 0 Å². The Labute approximate surface area is 130 Å². The molecule has 2 aromatic carbocycles. The molecule has 0 spiro atoms. The third kappa shape index (κ3) is 4.30. The van der Waals surface area contributed by atoms with Crippen LogP contribution in [0.25, 0.3) is 0 Å². The third-order valence-corrected chi connectivity index (χ3v) is 3.69. The summed E-state index contributed by atoms with van der Waals surface area (Å²) in [5, 5.41) is 0.789. The predicted octanol–water partition coefficient (Wildman–Crippen LogP) is 4.42. The van der Waals surface area contributed by atoms with E-state index in [9.17, 15) is 0 Å². The summed E-state index contributed by atoms with van der Waals surface area (Å²) in [5.41, 5.74) is 2.03. The molecule has 0 aliphatic rings. The molecule has 21 heavy (non-hydrogen) atoms. The van der Waals surface area contributed by atoms with Gasteiger partial charge in [0.15, 0.2) is 0 Å². The fourth-order valence-electron chi connectivity index (χ4n) is 1.98. The number of benzene rings is 2. The maximum absolute atomic E-state index is 6.13. The van der Waals surface area contributed by atoms with E-state index in [1.807, 2.05) is 50.2 Å². The maximum Gasteiger partial charge on any atom is 0.122 e. The number of aryl methyl sites for hydroxylation is 2. The van der Waals surface area contributed by atoms with E-state index in [0.29, 0.717) is 13.2 Å². The van der Waals surface area contributed by atoms with Gasteiger partial charge in [-0.3, -0.25) is 0 Å². The first-order valence-corrected chi connectivity index (χ1v) is 7.14. The van der Waals surface area contributed by atoms with Gasteiger partial charge in [-0.25, -0.2) is 0 Å². The summed E-state index contributed by atoms with van der Waals surface area (Å²) in [6.45, 7) is 4.89. The quantitative estimate of drug-likeness (QED) is 0.739. The van der Waals surface area contributed by atoms with Crippen molar-refractivity contribution in [3.63, 3.8) is 0 Å². The van der Waals surface area contributed by atoms with E-state index in [1.165, 1.54) is 0 Å². The van der Waals surface area contributed by atoms with E-state index < -0.39 is 0 Å². The van der Waals surface area contributed by atoms with Gasteiger partial charge in [0, 0.05) is 5.02 Å². The van der Waals surface area contributed by atoms with Gasteiger partial charge in [-0.15, -0.1) is 0 Å². The zero-order valence-electron chi connectivity index (χ0n) is 12.5. The smallest absolute Gasteiger partial charge is 0.122 e. The molecule has 0 saturated carbocycles. The first-order chi connectivity index (χ1) is 10.1. The Balaban J connectivity index is 1.81. The second-order valence-electron chi connectivity index (χ2n) is 4.74. The van der Waals surface area contributed by atoms with E-state index in [2.05, 4.69) is 0 Å². The van der Waals surface area contributed by atoms with Crippen LogP contribution in [0.15, 0.2) is 36.4 Å². The highest BCUT2D eigenvalue weighted by molar-refractivity contribution is 6.32. The molecule has 0 aliphatic heterocycles. The number of methoxy groups -OCH3 is 1. The predicted molar refractivity (Wildman–Crippen MR) is 84.9 cm³/mol. The van der Waals surface area contributed by atoms with Gasteiger partial charge < -0.3 is 14.2 Å². The van der Waals surface area contributed by atoms with Gasteiger partial charge >= 0.3 is 0 Å². The second kappa shape index (κ2) is 7.23. The van der Waals surface area contributed by atoms with Crippen molar-refractivity contribution in [3.05, 3.63) is 52.5 Å². The van der Waals surface area contributed by atoms with Crippen molar-refractivity contribution in [2.24, 2.45) is 0 Å². The summed E-state index contributed by atoms with van der Waals surface area (Å²) in [6, 6.07) is 11.3. The van der Waals surface area contributed by atoms with Crippen molar-refractivity contribution in [1.82, 2.24) is 0 Å². The molecular weight excluding hydrogens is 288 g/mol. The molecule has 0 heterocycles. The first kappa shape index (κ1) is 15.5. The van der Waals surface area contributed by atoms with Gasteiger partial charge in [-0.05, 0) is 61.4 Å². The Bertz CT molecular complexity index is 570. The molecule has 0 N–H and O–H groups in total. The summed E-state index contributed by atoms with van der Waals surface area (Å²) in [6.07, 6.45) is 0. The van der Waals surface area contributed by atoms with E-state index >= 15 is 0 Å². The Kier molecular flexibility index (Phi) is 5.34. The van der Waals surface area contributed by atoms with Gasteiger partial charge in [-0.1, -0.05) is 11.6 Å². The van der Waals surface area contributed by atoms with Crippen LogP contribution < -0.4 is 14.2 Å². The zero-order valence-corrected chi connectivity index (χ0v) is 13.2. The van der Waals surface area contributed by atoms with Crippen LogP contribution >= 0.6 is 11.6 Å². The lowest BCUT2D eigenvalue weighted by Crippen LogP contribution is -2.09. The summed E-state index contributed by atoms with van der Waals surface area (Å²) >= 11 is 6.13. The molecule has 4 heteroatoms. The molecule has 0 aromatic heterocycles. The molecule has 3 nitrogen and oxygen atoms in total. The van der Waals surface area contributed by atoms with Crippen LogP contribution in [0.2, 0.25) is 5.02 Å². The SMILES string of the molecule is COc1ccc(OCCOc2cc(C)c(Cl)c(C)c2)cc1. The van der Waals surface area contributed by atoms with E-state index in [-0.39, 0.29) is 0 Å². The number of hydrogen-bond acceptors (Lipinski definition) is 3. The molecule has 0 bridgehead atoms. The highest BCUT2D eigenvalue weighted by Gasteiger charge is 2.03. The fraction of sp³-hybridized carbons (Fsp3) is 0.294. The lowest BCUT2D eigenvalue weighted by Gasteiger charge is -2.11. The average molecular weight is 307 g/mol. The number of rotatable bonds is 6. The zero-order chi connectivity index (χ0) is 15.2. The van der Waals surface area contributed by atoms with Crippen molar-refractivity contribution in [2.75, 3.05) is 20.3 Å². The summed E-state index contributed by atoms with van der Waals surface area (Å²) in [7, 11) is 1.64. The van der Waals surface area contributed by atoms with Crippen LogP contribution in [0.4, 0.5) is 0 Å². The fourth-order valence-corrected chi connectivity index (χ4v) is 2.09. The monoisotopic (exact) mass is 306 g/mol. The molecular formula is C17H19ClO3. The molecule has 0 radical (unpaired) electrons. The van der Waals surface area contributed by atoms with E-state index in [4.69, 9.17) is 25.8 Å². The van der Waals surface area contributed by atoms with Crippen LogP contribution in [-0.4, -0.2) is 20.3 Å². The molecule has 112 valence electrons. The van der Waals surface area contributed by atoms with Gasteiger partial charge in [0.1, 0.15) is 30.5 Å². The molecule has 0 amide bonds. The molecule has 0 fully saturated rings. The van der Waals surface area contributed by atoms with Crippen molar-refractivity contribution < 1.29 is 14.2 Å². The lowest BCUT2D eigenvalue weighted by atomic mass is 10.1. The highest BCUT2D eigenvalue weighted by atomic mass is 35.5. The van der Waals surface area contributed by atoms with Crippen LogP contribution in [0, 0.1) is 13.8 Å². The second-order valence-corrected chi connectivity index (χ2v) is 5.12. The van der Waals surface area contributed by atoms with Crippen molar-refractivity contribution in [2.45, 2.75) is 13.8 Å². The lowest BCUT2D eigenvalue weighted by molar-refractivity contribution is 0.217. The van der Waals surface area contributed by atoms with Gasteiger partial charge in [0.05, 0.1) is 7.11 Å². The highest BCUT2D eigenvalue weighted by Crippen LogP contribution is 2.25. The first-order valence-electron chi connectivity index (χ1n) is 6.76. The third-order valence-electron chi connectivity index (χ3n) is 3.09. The molecule has 2 rings (SSSR count). The molecule has 0 aliphatic carbocycles. The minimum absolute atomic E-state index is 0.479. The summed E-state index contributed by atoms with van der Waals surface area (Å²) in [5.74, 6) is 2.42. The molecule has 0 saturated heterocycles. The Morgan fingerprint density at radius 2 is 1.29 bits per heavy atom. The van der Waals surface area contributed by atoms with Crippen LogP contribution in [0.3, 0.4) is 0 Å². The molecule has 0 atom stereocenters. The Morgan fingerprint density at radius 1 is 0.810 bits per heavy atom. The van der Waals surface area contributed by atoms with Crippen LogP contribution in [0.1, 0.15) is 11.1 Å².